The number of amides is 1. The number of carbonyl (C=O) groups is 1. The summed E-state index contributed by atoms with van der Waals surface area (Å²) in [5.41, 5.74) is 6.41. The van der Waals surface area contributed by atoms with Gasteiger partial charge in [-0.15, -0.1) is 0 Å². The number of rotatable bonds is 7. The first-order chi connectivity index (χ1) is 9.40. The summed E-state index contributed by atoms with van der Waals surface area (Å²) in [5.74, 6) is -0.351. The molecular weight excluding hydrogens is 278 g/mol. The standard InChI is InChI=1S/C13H21N3O3S/c1-3-15-13(17)10(2)16-20(18,19)12-6-4-11(5-7-12)8-9-14/h4-7,10,16H,3,8-9,14H2,1-2H3,(H,15,17). The van der Waals surface area contributed by atoms with Crippen LogP contribution < -0.4 is 15.8 Å². The molecule has 1 unspecified atom stereocenters. The third-order valence-corrected chi connectivity index (χ3v) is 4.30. The lowest BCUT2D eigenvalue weighted by Crippen LogP contribution is -2.44. The van der Waals surface area contributed by atoms with Crippen LogP contribution in [0.2, 0.25) is 0 Å². The topological polar surface area (TPSA) is 101 Å². The Bertz CT molecular complexity index is 540. The maximum Gasteiger partial charge on any atom is 0.241 e. The van der Waals surface area contributed by atoms with E-state index in [0.29, 0.717) is 19.5 Å². The predicted molar refractivity (Wildman–Crippen MR) is 77.7 cm³/mol. The third kappa shape index (κ3) is 4.59. The molecule has 7 heteroatoms. The highest BCUT2D eigenvalue weighted by Gasteiger charge is 2.21. The SMILES string of the molecule is CCNC(=O)C(C)NS(=O)(=O)c1ccc(CCN)cc1. The van der Waals surface area contributed by atoms with Gasteiger partial charge in [0.25, 0.3) is 0 Å². The molecule has 0 radical (unpaired) electrons. The van der Waals surface area contributed by atoms with Gasteiger partial charge in [-0.2, -0.15) is 4.72 Å². The Morgan fingerprint density at radius 2 is 1.90 bits per heavy atom. The molecule has 0 fully saturated rings. The first kappa shape index (κ1) is 16.6. The van der Waals surface area contributed by atoms with Crippen LogP contribution in [-0.4, -0.2) is 33.5 Å². The zero-order valence-electron chi connectivity index (χ0n) is 11.7. The molecule has 1 amide bonds. The fraction of sp³-hybridized carbons (Fsp3) is 0.462. The van der Waals surface area contributed by atoms with E-state index in [1.165, 1.54) is 19.1 Å². The summed E-state index contributed by atoms with van der Waals surface area (Å²) in [6, 6.07) is 5.65. The van der Waals surface area contributed by atoms with Crippen molar-refractivity contribution < 1.29 is 13.2 Å². The molecule has 0 heterocycles. The van der Waals surface area contributed by atoms with Crippen LogP contribution in [0.3, 0.4) is 0 Å². The van der Waals surface area contributed by atoms with Crippen LogP contribution in [0.1, 0.15) is 19.4 Å². The van der Waals surface area contributed by atoms with Gasteiger partial charge in [0.2, 0.25) is 15.9 Å². The molecule has 1 atom stereocenters. The number of likely N-dealkylation sites (N-methyl/N-ethyl adjacent to an activating group) is 1. The number of nitrogens with two attached hydrogens (primary N) is 1. The van der Waals surface area contributed by atoms with E-state index in [9.17, 15) is 13.2 Å². The largest absolute Gasteiger partial charge is 0.355 e. The number of nitrogens with one attached hydrogen (secondary N) is 2. The van der Waals surface area contributed by atoms with Crippen molar-refractivity contribution in [2.24, 2.45) is 5.73 Å². The Labute approximate surface area is 119 Å². The van der Waals surface area contributed by atoms with Crippen molar-refractivity contribution in [3.05, 3.63) is 29.8 Å². The number of benzene rings is 1. The fourth-order valence-electron chi connectivity index (χ4n) is 1.68. The second kappa shape index (κ2) is 7.37. The van der Waals surface area contributed by atoms with Gasteiger partial charge in [0, 0.05) is 6.54 Å². The van der Waals surface area contributed by atoms with E-state index < -0.39 is 16.1 Å². The second-order valence-corrected chi connectivity index (χ2v) is 6.13. The van der Waals surface area contributed by atoms with Gasteiger partial charge in [0.05, 0.1) is 10.9 Å². The Hall–Kier alpha value is -1.44. The maximum absolute atomic E-state index is 12.1. The van der Waals surface area contributed by atoms with E-state index in [0.717, 1.165) is 5.56 Å². The zero-order chi connectivity index (χ0) is 15.2. The molecule has 6 nitrogen and oxygen atoms in total. The van der Waals surface area contributed by atoms with Gasteiger partial charge in [-0.1, -0.05) is 12.1 Å². The first-order valence-electron chi connectivity index (χ1n) is 6.49. The van der Waals surface area contributed by atoms with E-state index >= 15 is 0 Å². The van der Waals surface area contributed by atoms with Crippen LogP contribution in [0.15, 0.2) is 29.2 Å². The Morgan fingerprint density at radius 1 is 1.30 bits per heavy atom. The van der Waals surface area contributed by atoms with Crippen LogP contribution in [-0.2, 0) is 21.2 Å². The minimum Gasteiger partial charge on any atom is -0.355 e. The van der Waals surface area contributed by atoms with Crippen LogP contribution >= 0.6 is 0 Å². The summed E-state index contributed by atoms with van der Waals surface area (Å²) in [4.78, 5) is 11.7. The summed E-state index contributed by atoms with van der Waals surface area (Å²) in [5, 5.41) is 2.57. The van der Waals surface area contributed by atoms with Crippen molar-refractivity contribution in [2.75, 3.05) is 13.1 Å². The van der Waals surface area contributed by atoms with Gasteiger partial charge in [-0.05, 0) is 44.5 Å². The van der Waals surface area contributed by atoms with Crippen LogP contribution in [0.5, 0.6) is 0 Å². The molecule has 0 aliphatic carbocycles. The summed E-state index contributed by atoms with van der Waals surface area (Å²) >= 11 is 0. The molecule has 1 rings (SSSR count). The smallest absolute Gasteiger partial charge is 0.241 e. The Balaban J connectivity index is 2.80. The molecule has 112 valence electrons. The highest BCUT2D eigenvalue weighted by molar-refractivity contribution is 7.89. The highest BCUT2D eigenvalue weighted by Crippen LogP contribution is 2.11. The van der Waals surface area contributed by atoms with E-state index in [1.807, 2.05) is 0 Å². The maximum atomic E-state index is 12.1. The molecule has 0 bridgehead atoms. The molecule has 0 aromatic heterocycles. The number of carbonyl (C=O) groups excluding carboxylic acids is 1. The van der Waals surface area contributed by atoms with Crippen molar-refractivity contribution in [1.29, 1.82) is 0 Å². The lowest BCUT2D eigenvalue weighted by Gasteiger charge is -2.14. The van der Waals surface area contributed by atoms with E-state index in [1.54, 1.807) is 19.1 Å². The van der Waals surface area contributed by atoms with Gasteiger partial charge in [0.15, 0.2) is 0 Å². The van der Waals surface area contributed by atoms with Crippen LogP contribution in [0, 0.1) is 0 Å². The van der Waals surface area contributed by atoms with Gasteiger partial charge < -0.3 is 11.1 Å². The van der Waals surface area contributed by atoms with Gasteiger partial charge in [-0.3, -0.25) is 4.79 Å². The summed E-state index contributed by atoms with van der Waals surface area (Å²) < 4.78 is 26.6. The minimum absolute atomic E-state index is 0.134. The summed E-state index contributed by atoms with van der Waals surface area (Å²) in [6.07, 6.45) is 0.697. The van der Waals surface area contributed by atoms with E-state index in [-0.39, 0.29) is 10.8 Å². The lowest BCUT2D eigenvalue weighted by atomic mass is 10.2. The number of hydrogen-bond donors (Lipinski definition) is 3. The molecular formula is C13H21N3O3S. The van der Waals surface area contributed by atoms with Crippen molar-refractivity contribution in [2.45, 2.75) is 31.2 Å². The van der Waals surface area contributed by atoms with Crippen molar-refractivity contribution >= 4 is 15.9 Å². The van der Waals surface area contributed by atoms with Gasteiger partial charge in [0.1, 0.15) is 0 Å². The van der Waals surface area contributed by atoms with E-state index in [2.05, 4.69) is 10.0 Å². The normalized spacial score (nSPS) is 12.9. The summed E-state index contributed by atoms with van der Waals surface area (Å²) in [6.45, 7) is 4.25. The Kier molecular flexibility index (Phi) is 6.12. The molecule has 0 aliphatic heterocycles. The van der Waals surface area contributed by atoms with Gasteiger partial charge >= 0.3 is 0 Å². The third-order valence-electron chi connectivity index (χ3n) is 2.74. The van der Waals surface area contributed by atoms with Crippen molar-refractivity contribution in [1.82, 2.24) is 10.0 Å². The van der Waals surface area contributed by atoms with Crippen LogP contribution in [0.25, 0.3) is 0 Å². The first-order valence-corrected chi connectivity index (χ1v) is 7.98. The Morgan fingerprint density at radius 3 is 2.40 bits per heavy atom. The minimum atomic E-state index is -3.70. The molecule has 0 saturated carbocycles. The second-order valence-electron chi connectivity index (χ2n) is 4.42. The molecule has 0 spiro atoms. The van der Waals surface area contributed by atoms with E-state index in [4.69, 9.17) is 5.73 Å². The van der Waals surface area contributed by atoms with Crippen LogP contribution in [0.4, 0.5) is 0 Å². The quantitative estimate of drug-likeness (QED) is 0.659. The molecule has 1 aromatic carbocycles. The average Bonchev–Trinajstić information content (AvgIpc) is 2.39. The average molecular weight is 299 g/mol. The molecule has 0 aliphatic rings. The highest BCUT2D eigenvalue weighted by atomic mass is 32.2. The summed E-state index contributed by atoms with van der Waals surface area (Å²) in [7, 11) is -3.70. The monoisotopic (exact) mass is 299 g/mol. The van der Waals surface area contributed by atoms with Crippen molar-refractivity contribution in [3.8, 4) is 0 Å². The molecule has 1 aromatic rings. The number of sulfonamides is 1. The van der Waals surface area contributed by atoms with Crippen molar-refractivity contribution in [3.63, 3.8) is 0 Å². The number of hydrogen-bond acceptors (Lipinski definition) is 4. The molecule has 20 heavy (non-hydrogen) atoms. The molecule has 4 N–H and O–H groups in total. The lowest BCUT2D eigenvalue weighted by molar-refractivity contribution is -0.122. The predicted octanol–water partition coefficient (Wildman–Crippen LogP) is -0.00930. The zero-order valence-corrected chi connectivity index (χ0v) is 12.5. The fourth-order valence-corrected chi connectivity index (χ4v) is 2.89. The van der Waals surface area contributed by atoms with Gasteiger partial charge in [-0.25, -0.2) is 8.42 Å². The molecule has 0 saturated heterocycles.